The fourth-order valence-corrected chi connectivity index (χ4v) is 5.62. The lowest BCUT2D eigenvalue weighted by Gasteiger charge is -2.47. The van der Waals surface area contributed by atoms with Crippen LogP contribution in [0.1, 0.15) is 62.4 Å². The second-order valence-electron chi connectivity index (χ2n) is 10.2. The van der Waals surface area contributed by atoms with E-state index in [1.807, 2.05) is 6.07 Å². The fraction of sp³-hybridized carbons (Fsp3) is 0.609. The van der Waals surface area contributed by atoms with Crippen LogP contribution in [0, 0.1) is 5.82 Å². The Morgan fingerprint density at radius 2 is 1.71 bits per heavy atom. The molecule has 5 rings (SSSR count). The van der Waals surface area contributed by atoms with Gasteiger partial charge < -0.3 is 9.80 Å². The molecule has 3 fully saturated rings. The smallest absolute Gasteiger partial charge is 0.255 e. The van der Waals surface area contributed by atoms with Gasteiger partial charge in [0.2, 0.25) is 11.8 Å². The van der Waals surface area contributed by atoms with Gasteiger partial charge in [0, 0.05) is 49.2 Å². The number of fused-ring (bicyclic) bond motifs is 3. The standard InChI is InChI=1S/C23H29FN4O3/c1-23(2,3)26-11-14-4-5-15(12-26)28(14)19-8-13-10-27(22(31)16(13)9-17(19)24)18-6-7-20(29)25-21(18)30/h8-9,14-15,18H,4-7,10-12H2,1-3H3,(H,25,29,30). The van der Waals surface area contributed by atoms with Crippen molar-refractivity contribution in [3.05, 3.63) is 29.1 Å². The van der Waals surface area contributed by atoms with Crippen LogP contribution in [-0.4, -0.2) is 64.3 Å². The molecule has 1 aromatic carbocycles. The Hall–Kier alpha value is -2.48. The number of hydrogen-bond acceptors (Lipinski definition) is 5. The minimum atomic E-state index is -0.685. The highest BCUT2D eigenvalue weighted by Gasteiger charge is 2.45. The highest BCUT2D eigenvalue weighted by Crippen LogP contribution is 2.40. The van der Waals surface area contributed by atoms with Crippen molar-refractivity contribution in [2.24, 2.45) is 0 Å². The minimum Gasteiger partial charge on any atom is -0.361 e. The number of nitrogens with zero attached hydrogens (tertiary/aromatic N) is 3. The van der Waals surface area contributed by atoms with Crippen molar-refractivity contribution in [3.63, 3.8) is 0 Å². The summed E-state index contributed by atoms with van der Waals surface area (Å²) in [5.41, 5.74) is 1.73. The fourth-order valence-electron chi connectivity index (χ4n) is 5.62. The number of anilines is 1. The second kappa shape index (κ2) is 7.02. The molecule has 3 unspecified atom stereocenters. The van der Waals surface area contributed by atoms with E-state index in [0.717, 1.165) is 31.5 Å². The van der Waals surface area contributed by atoms with E-state index in [9.17, 15) is 14.4 Å². The van der Waals surface area contributed by atoms with E-state index in [4.69, 9.17) is 0 Å². The van der Waals surface area contributed by atoms with Crippen LogP contribution in [0.2, 0.25) is 0 Å². The molecule has 3 amide bonds. The summed E-state index contributed by atoms with van der Waals surface area (Å²) >= 11 is 0. The topological polar surface area (TPSA) is 73.0 Å². The molecule has 1 aromatic rings. The molecule has 3 atom stereocenters. The van der Waals surface area contributed by atoms with Crippen LogP contribution in [0.5, 0.6) is 0 Å². The van der Waals surface area contributed by atoms with Gasteiger partial charge in [-0.05, 0) is 57.7 Å². The zero-order valence-corrected chi connectivity index (χ0v) is 18.3. The van der Waals surface area contributed by atoms with Crippen LogP contribution in [0.3, 0.4) is 0 Å². The Morgan fingerprint density at radius 1 is 1.03 bits per heavy atom. The third-order valence-corrected chi connectivity index (χ3v) is 7.30. The summed E-state index contributed by atoms with van der Waals surface area (Å²) in [5, 5.41) is 2.31. The summed E-state index contributed by atoms with van der Waals surface area (Å²) in [5.74, 6) is -1.48. The molecule has 4 heterocycles. The number of carbonyl (C=O) groups is 3. The van der Waals surface area contributed by atoms with Crippen molar-refractivity contribution < 1.29 is 18.8 Å². The number of halogens is 1. The Labute approximate surface area is 181 Å². The monoisotopic (exact) mass is 428 g/mol. The van der Waals surface area contributed by atoms with Gasteiger partial charge in [-0.2, -0.15) is 0 Å². The van der Waals surface area contributed by atoms with Crippen molar-refractivity contribution >= 4 is 23.4 Å². The Morgan fingerprint density at radius 3 is 2.32 bits per heavy atom. The number of piperidine rings is 1. The molecule has 1 N–H and O–H groups in total. The molecule has 2 bridgehead atoms. The molecule has 0 radical (unpaired) electrons. The first-order valence-electron chi connectivity index (χ1n) is 11.1. The molecule has 7 nitrogen and oxygen atoms in total. The molecule has 0 aliphatic carbocycles. The summed E-state index contributed by atoms with van der Waals surface area (Å²) in [4.78, 5) is 42.8. The predicted molar refractivity (Wildman–Crippen MR) is 113 cm³/mol. The maximum Gasteiger partial charge on any atom is 0.255 e. The summed E-state index contributed by atoms with van der Waals surface area (Å²) in [7, 11) is 0. The lowest BCUT2D eigenvalue weighted by Crippen LogP contribution is -2.59. The van der Waals surface area contributed by atoms with Gasteiger partial charge in [0.1, 0.15) is 11.9 Å². The van der Waals surface area contributed by atoms with E-state index in [0.29, 0.717) is 17.7 Å². The molecule has 8 heteroatoms. The number of imide groups is 1. The number of carbonyl (C=O) groups excluding carboxylic acids is 3. The summed E-state index contributed by atoms with van der Waals surface area (Å²) in [6, 6.07) is 2.99. The molecule has 4 aliphatic rings. The molecule has 3 saturated heterocycles. The lowest BCUT2D eigenvalue weighted by atomic mass is 10.0. The number of hydrogen-bond donors (Lipinski definition) is 1. The Balaban J connectivity index is 1.41. The summed E-state index contributed by atoms with van der Waals surface area (Å²) in [6.45, 7) is 8.72. The van der Waals surface area contributed by atoms with E-state index in [1.54, 1.807) is 0 Å². The molecule has 4 aliphatic heterocycles. The Bertz CT molecular complexity index is 958. The minimum absolute atomic E-state index is 0.0816. The first kappa shape index (κ1) is 20.4. The van der Waals surface area contributed by atoms with Crippen molar-refractivity contribution in [3.8, 4) is 0 Å². The molecule has 0 saturated carbocycles. The van der Waals surface area contributed by atoms with Gasteiger partial charge in [-0.3, -0.25) is 24.6 Å². The lowest BCUT2D eigenvalue weighted by molar-refractivity contribution is -0.136. The number of rotatable bonds is 2. The quantitative estimate of drug-likeness (QED) is 0.730. The highest BCUT2D eigenvalue weighted by atomic mass is 19.1. The maximum absolute atomic E-state index is 15.3. The van der Waals surface area contributed by atoms with Crippen LogP contribution < -0.4 is 10.2 Å². The molecular formula is C23H29FN4O3. The zero-order valence-electron chi connectivity index (χ0n) is 18.3. The van der Waals surface area contributed by atoms with Gasteiger partial charge in [0.25, 0.3) is 5.91 Å². The van der Waals surface area contributed by atoms with Crippen LogP contribution in [0.15, 0.2) is 12.1 Å². The normalized spacial score (nSPS) is 28.9. The van der Waals surface area contributed by atoms with E-state index >= 15 is 4.39 Å². The number of benzene rings is 1. The van der Waals surface area contributed by atoms with E-state index in [-0.39, 0.29) is 48.2 Å². The average Bonchev–Trinajstić information content (AvgIpc) is 3.12. The van der Waals surface area contributed by atoms with Crippen molar-refractivity contribution in [2.45, 2.75) is 76.7 Å². The van der Waals surface area contributed by atoms with Crippen molar-refractivity contribution in [1.29, 1.82) is 0 Å². The molecule has 0 aromatic heterocycles. The summed E-state index contributed by atoms with van der Waals surface area (Å²) < 4.78 is 15.3. The van der Waals surface area contributed by atoms with Crippen LogP contribution in [-0.2, 0) is 16.1 Å². The highest BCUT2D eigenvalue weighted by molar-refractivity contribution is 6.05. The molecule has 166 valence electrons. The van der Waals surface area contributed by atoms with Gasteiger partial charge in [-0.25, -0.2) is 4.39 Å². The Kier molecular flexibility index (Phi) is 4.62. The first-order valence-corrected chi connectivity index (χ1v) is 11.1. The molecular weight excluding hydrogens is 399 g/mol. The number of nitrogens with one attached hydrogen (secondary N) is 1. The van der Waals surface area contributed by atoms with Crippen LogP contribution in [0.4, 0.5) is 10.1 Å². The SMILES string of the molecule is CC(C)(C)N1CC2CCC(C1)N2c1cc2c(cc1F)C(=O)N(C1CCC(=O)NC1=O)C2. The van der Waals surface area contributed by atoms with E-state index in [2.05, 4.69) is 35.9 Å². The third kappa shape index (κ3) is 3.32. The average molecular weight is 429 g/mol. The maximum atomic E-state index is 15.3. The molecule has 31 heavy (non-hydrogen) atoms. The van der Waals surface area contributed by atoms with Gasteiger partial charge >= 0.3 is 0 Å². The molecule has 0 spiro atoms. The van der Waals surface area contributed by atoms with Crippen molar-refractivity contribution in [1.82, 2.24) is 15.1 Å². The summed E-state index contributed by atoms with van der Waals surface area (Å²) in [6.07, 6.45) is 2.58. The second-order valence-corrected chi connectivity index (χ2v) is 10.2. The van der Waals surface area contributed by atoms with Crippen LogP contribution in [0.25, 0.3) is 0 Å². The van der Waals surface area contributed by atoms with Gasteiger partial charge in [0.15, 0.2) is 0 Å². The van der Waals surface area contributed by atoms with Gasteiger partial charge in [-0.15, -0.1) is 0 Å². The first-order chi connectivity index (χ1) is 14.6. The number of amides is 3. The van der Waals surface area contributed by atoms with E-state index < -0.39 is 11.9 Å². The van der Waals surface area contributed by atoms with Gasteiger partial charge in [0.05, 0.1) is 5.69 Å². The van der Waals surface area contributed by atoms with Gasteiger partial charge in [-0.1, -0.05) is 0 Å². The van der Waals surface area contributed by atoms with E-state index in [1.165, 1.54) is 11.0 Å². The number of piperazine rings is 1. The number of likely N-dealkylation sites (tertiary alicyclic amines) is 1. The third-order valence-electron chi connectivity index (χ3n) is 7.30. The van der Waals surface area contributed by atoms with Crippen LogP contribution >= 0.6 is 0 Å². The van der Waals surface area contributed by atoms with Crippen molar-refractivity contribution in [2.75, 3.05) is 18.0 Å². The largest absolute Gasteiger partial charge is 0.361 e. The zero-order chi connectivity index (χ0) is 22.1. The predicted octanol–water partition coefficient (Wildman–Crippen LogP) is 2.04.